The smallest absolute Gasteiger partial charge is 0.229 e. The first-order valence-electron chi connectivity index (χ1n) is 7.83. The van der Waals surface area contributed by atoms with E-state index < -0.39 is 0 Å². The number of anilines is 4. The standard InChI is InChI=1S/C19H19ClN4O/c1-12-4-6-16(13(2)10-12)23-18-8-9-21-19(24-18)22-14-5-7-17(25-3)15(20)11-14/h4-11H,1-3H3,(H2,21,22,23,24). The van der Waals surface area contributed by atoms with Crippen LogP contribution < -0.4 is 15.4 Å². The van der Waals surface area contributed by atoms with Crippen molar-refractivity contribution in [2.75, 3.05) is 17.7 Å². The molecule has 2 N–H and O–H groups in total. The molecule has 3 aromatic rings. The number of halogens is 1. The Morgan fingerprint density at radius 2 is 1.84 bits per heavy atom. The van der Waals surface area contributed by atoms with Crippen LogP contribution in [0.1, 0.15) is 11.1 Å². The van der Waals surface area contributed by atoms with E-state index in [9.17, 15) is 0 Å². The van der Waals surface area contributed by atoms with Gasteiger partial charge in [-0.25, -0.2) is 4.98 Å². The summed E-state index contributed by atoms with van der Waals surface area (Å²) in [6, 6.07) is 13.5. The van der Waals surface area contributed by atoms with Gasteiger partial charge >= 0.3 is 0 Å². The SMILES string of the molecule is COc1ccc(Nc2nccc(Nc3ccc(C)cc3C)n2)cc1Cl. The molecule has 0 bridgehead atoms. The third-order valence-corrected chi connectivity index (χ3v) is 4.00. The largest absolute Gasteiger partial charge is 0.495 e. The van der Waals surface area contributed by atoms with E-state index in [2.05, 4.69) is 46.6 Å². The second-order valence-electron chi connectivity index (χ2n) is 5.68. The third-order valence-electron chi connectivity index (χ3n) is 3.71. The molecule has 6 heteroatoms. The van der Waals surface area contributed by atoms with E-state index in [0.717, 1.165) is 16.9 Å². The third kappa shape index (κ3) is 4.19. The first-order valence-corrected chi connectivity index (χ1v) is 8.21. The Bertz CT molecular complexity index is 898. The molecule has 2 aromatic carbocycles. The predicted molar refractivity (Wildman–Crippen MR) is 103 cm³/mol. The Hall–Kier alpha value is -2.79. The van der Waals surface area contributed by atoms with Crippen molar-refractivity contribution in [3.05, 3.63) is 64.8 Å². The van der Waals surface area contributed by atoms with Gasteiger partial charge in [0.2, 0.25) is 5.95 Å². The average molecular weight is 355 g/mol. The Morgan fingerprint density at radius 3 is 2.56 bits per heavy atom. The van der Waals surface area contributed by atoms with Crippen molar-refractivity contribution >= 4 is 34.7 Å². The molecule has 128 valence electrons. The lowest BCUT2D eigenvalue weighted by Crippen LogP contribution is -2.01. The fourth-order valence-electron chi connectivity index (χ4n) is 2.45. The van der Waals surface area contributed by atoms with Gasteiger partial charge in [-0.15, -0.1) is 0 Å². The van der Waals surface area contributed by atoms with Crippen molar-refractivity contribution in [3.63, 3.8) is 0 Å². The van der Waals surface area contributed by atoms with Crippen molar-refractivity contribution in [1.29, 1.82) is 0 Å². The number of nitrogens with one attached hydrogen (secondary N) is 2. The zero-order valence-corrected chi connectivity index (χ0v) is 15.1. The number of methoxy groups -OCH3 is 1. The minimum atomic E-state index is 0.482. The van der Waals surface area contributed by atoms with Crippen LogP contribution in [0.3, 0.4) is 0 Å². The first kappa shape index (κ1) is 17.0. The minimum absolute atomic E-state index is 0.482. The van der Waals surface area contributed by atoms with Gasteiger partial charge in [0.25, 0.3) is 0 Å². The molecule has 0 aliphatic rings. The van der Waals surface area contributed by atoms with Gasteiger partial charge in [0, 0.05) is 17.6 Å². The van der Waals surface area contributed by atoms with Crippen molar-refractivity contribution < 1.29 is 4.74 Å². The molecule has 0 unspecified atom stereocenters. The van der Waals surface area contributed by atoms with E-state index >= 15 is 0 Å². The molecule has 0 aliphatic heterocycles. The molecular weight excluding hydrogens is 336 g/mol. The molecule has 0 amide bonds. The normalized spacial score (nSPS) is 10.4. The van der Waals surface area contributed by atoms with Crippen LogP contribution in [0.15, 0.2) is 48.7 Å². The summed E-state index contributed by atoms with van der Waals surface area (Å²) < 4.78 is 5.15. The highest BCUT2D eigenvalue weighted by Gasteiger charge is 2.05. The van der Waals surface area contributed by atoms with E-state index in [0.29, 0.717) is 22.5 Å². The topological polar surface area (TPSA) is 59.1 Å². The van der Waals surface area contributed by atoms with E-state index in [1.807, 2.05) is 18.2 Å². The molecule has 0 saturated carbocycles. The maximum atomic E-state index is 6.15. The molecule has 1 aromatic heterocycles. The molecule has 5 nitrogen and oxygen atoms in total. The summed E-state index contributed by atoms with van der Waals surface area (Å²) in [4.78, 5) is 8.74. The van der Waals surface area contributed by atoms with Gasteiger partial charge < -0.3 is 15.4 Å². The number of hydrogen-bond donors (Lipinski definition) is 2. The molecule has 0 spiro atoms. The number of benzene rings is 2. The molecule has 1 heterocycles. The van der Waals surface area contributed by atoms with Crippen LogP contribution in [0.4, 0.5) is 23.1 Å². The highest BCUT2D eigenvalue weighted by molar-refractivity contribution is 6.32. The highest BCUT2D eigenvalue weighted by atomic mass is 35.5. The van der Waals surface area contributed by atoms with Crippen LogP contribution >= 0.6 is 11.6 Å². The molecule has 25 heavy (non-hydrogen) atoms. The molecule has 0 atom stereocenters. The molecule has 0 aliphatic carbocycles. The Morgan fingerprint density at radius 1 is 1.00 bits per heavy atom. The number of rotatable bonds is 5. The van der Waals surface area contributed by atoms with E-state index in [1.165, 1.54) is 5.56 Å². The zero-order valence-electron chi connectivity index (χ0n) is 14.3. The van der Waals surface area contributed by atoms with Crippen LogP contribution in [0.5, 0.6) is 5.75 Å². The summed E-state index contributed by atoms with van der Waals surface area (Å²) in [6.07, 6.45) is 1.70. The number of hydrogen-bond acceptors (Lipinski definition) is 5. The van der Waals surface area contributed by atoms with Gasteiger partial charge in [-0.05, 0) is 49.7 Å². The first-order chi connectivity index (χ1) is 12.0. The van der Waals surface area contributed by atoms with Crippen LogP contribution in [0, 0.1) is 13.8 Å². The molecular formula is C19H19ClN4O. The van der Waals surface area contributed by atoms with Gasteiger partial charge in [0.1, 0.15) is 11.6 Å². The number of aromatic nitrogens is 2. The van der Waals surface area contributed by atoms with Crippen molar-refractivity contribution in [2.24, 2.45) is 0 Å². The predicted octanol–water partition coefficient (Wildman–Crippen LogP) is 5.24. The second kappa shape index (κ2) is 7.40. The maximum Gasteiger partial charge on any atom is 0.229 e. The summed E-state index contributed by atoms with van der Waals surface area (Å²) in [5.74, 6) is 1.82. The average Bonchev–Trinajstić information content (AvgIpc) is 2.58. The lowest BCUT2D eigenvalue weighted by Gasteiger charge is -2.11. The van der Waals surface area contributed by atoms with Crippen molar-refractivity contribution in [3.8, 4) is 5.75 Å². The van der Waals surface area contributed by atoms with E-state index in [4.69, 9.17) is 16.3 Å². The van der Waals surface area contributed by atoms with Crippen LogP contribution in [-0.2, 0) is 0 Å². The van der Waals surface area contributed by atoms with Crippen LogP contribution in [0.25, 0.3) is 0 Å². The summed E-state index contributed by atoms with van der Waals surface area (Å²) in [6.45, 7) is 4.14. The summed E-state index contributed by atoms with van der Waals surface area (Å²) in [5, 5.41) is 6.99. The molecule has 0 radical (unpaired) electrons. The van der Waals surface area contributed by atoms with Crippen LogP contribution in [0.2, 0.25) is 5.02 Å². The Balaban J connectivity index is 1.78. The monoisotopic (exact) mass is 354 g/mol. The summed E-state index contributed by atoms with van der Waals surface area (Å²) >= 11 is 6.15. The molecule has 0 fully saturated rings. The fourth-order valence-corrected chi connectivity index (χ4v) is 2.71. The van der Waals surface area contributed by atoms with Gasteiger partial charge in [-0.3, -0.25) is 0 Å². The lowest BCUT2D eigenvalue weighted by atomic mass is 10.1. The van der Waals surface area contributed by atoms with E-state index in [1.54, 1.807) is 25.4 Å². The highest BCUT2D eigenvalue weighted by Crippen LogP contribution is 2.28. The van der Waals surface area contributed by atoms with Gasteiger partial charge in [-0.2, -0.15) is 4.98 Å². The number of ether oxygens (including phenoxy) is 1. The number of nitrogens with zero attached hydrogens (tertiary/aromatic N) is 2. The number of aryl methyl sites for hydroxylation is 2. The quantitative estimate of drug-likeness (QED) is 0.656. The lowest BCUT2D eigenvalue weighted by molar-refractivity contribution is 0.415. The summed E-state index contributed by atoms with van der Waals surface area (Å²) in [5.41, 5.74) is 4.19. The fraction of sp³-hybridized carbons (Fsp3) is 0.158. The van der Waals surface area contributed by atoms with E-state index in [-0.39, 0.29) is 0 Å². The Kier molecular flexibility index (Phi) is 5.05. The van der Waals surface area contributed by atoms with Crippen LogP contribution in [-0.4, -0.2) is 17.1 Å². The van der Waals surface area contributed by atoms with Gasteiger partial charge in [0.05, 0.1) is 12.1 Å². The van der Waals surface area contributed by atoms with Gasteiger partial charge in [-0.1, -0.05) is 29.3 Å². The summed E-state index contributed by atoms with van der Waals surface area (Å²) in [7, 11) is 1.58. The second-order valence-corrected chi connectivity index (χ2v) is 6.09. The Labute approximate surface area is 152 Å². The van der Waals surface area contributed by atoms with Crippen molar-refractivity contribution in [2.45, 2.75) is 13.8 Å². The molecule has 0 saturated heterocycles. The van der Waals surface area contributed by atoms with Gasteiger partial charge in [0.15, 0.2) is 0 Å². The maximum absolute atomic E-state index is 6.15. The molecule has 3 rings (SSSR count). The zero-order chi connectivity index (χ0) is 17.8. The minimum Gasteiger partial charge on any atom is -0.495 e. The van der Waals surface area contributed by atoms with Crippen molar-refractivity contribution in [1.82, 2.24) is 9.97 Å².